The van der Waals surface area contributed by atoms with Gasteiger partial charge in [0.1, 0.15) is 0 Å². The Labute approximate surface area is 115 Å². The van der Waals surface area contributed by atoms with Crippen molar-refractivity contribution in [2.45, 2.75) is 37.8 Å². The van der Waals surface area contributed by atoms with Gasteiger partial charge in [-0.05, 0) is 12.8 Å². The molecule has 0 aromatic rings. The first-order chi connectivity index (χ1) is 9.34. The summed E-state index contributed by atoms with van der Waals surface area (Å²) >= 11 is 0. The molecule has 3 fully saturated rings. The van der Waals surface area contributed by atoms with Crippen LogP contribution in [0, 0.1) is 0 Å². The number of piperazine rings is 1. The van der Waals surface area contributed by atoms with Gasteiger partial charge in [0.2, 0.25) is 5.91 Å². The van der Waals surface area contributed by atoms with Crippen LogP contribution in [0.5, 0.6) is 0 Å². The van der Waals surface area contributed by atoms with E-state index < -0.39 is 0 Å². The molecule has 0 radical (unpaired) electrons. The number of fused-ring (bicyclic) bond motifs is 1. The number of hydrogen-bond donors (Lipinski definition) is 1. The second kappa shape index (κ2) is 6.20. The lowest BCUT2D eigenvalue weighted by atomic mass is 9.90. The molecule has 2 saturated heterocycles. The van der Waals surface area contributed by atoms with E-state index in [4.69, 9.17) is 4.74 Å². The van der Waals surface area contributed by atoms with E-state index in [2.05, 4.69) is 10.2 Å². The van der Waals surface area contributed by atoms with Gasteiger partial charge in [-0.15, -0.1) is 0 Å². The van der Waals surface area contributed by atoms with Gasteiger partial charge in [-0.1, -0.05) is 12.8 Å². The van der Waals surface area contributed by atoms with Crippen LogP contribution in [0.15, 0.2) is 0 Å². The Bertz CT molecular complexity index is 316. The number of carbonyl (C=O) groups is 1. The Morgan fingerprint density at radius 3 is 2.79 bits per heavy atom. The normalized spacial score (nSPS) is 32.9. The first-order valence-electron chi connectivity index (χ1n) is 7.69. The van der Waals surface area contributed by atoms with Crippen molar-refractivity contribution in [3.8, 4) is 0 Å². The number of hydrogen-bond acceptors (Lipinski definition) is 4. The Kier molecular flexibility index (Phi) is 4.35. The molecule has 0 aromatic heterocycles. The van der Waals surface area contributed by atoms with Crippen molar-refractivity contribution >= 4 is 5.91 Å². The van der Waals surface area contributed by atoms with Gasteiger partial charge in [0.05, 0.1) is 19.3 Å². The summed E-state index contributed by atoms with van der Waals surface area (Å²) in [6.45, 7) is 5.87. The summed E-state index contributed by atoms with van der Waals surface area (Å²) in [6, 6.07) is 0.481. The molecule has 108 valence electrons. The molecule has 1 N–H and O–H groups in total. The molecule has 1 aliphatic carbocycles. The monoisotopic (exact) mass is 267 g/mol. The van der Waals surface area contributed by atoms with Crippen molar-refractivity contribution in [2.75, 3.05) is 45.9 Å². The predicted molar refractivity (Wildman–Crippen MR) is 73.0 cm³/mol. The maximum absolute atomic E-state index is 12.4. The minimum atomic E-state index is 0.299. The van der Waals surface area contributed by atoms with Gasteiger partial charge < -0.3 is 15.0 Å². The SMILES string of the molecule is O=C(CN1CCOC2CCCCC21)N1CCNCC1. The lowest BCUT2D eigenvalue weighted by molar-refractivity contribution is -0.139. The van der Waals surface area contributed by atoms with E-state index in [9.17, 15) is 4.79 Å². The molecule has 5 heteroatoms. The van der Waals surface area contributed by atoms with Crippen LogP contribution in [0.4, 0.5) is 0 Å². The van der Waals surface area contributed by atoms with E-state index >= 15 is 0 Å². The summed E-state index contributed by atoms with van der Waals surface area (Å²) < 4.78 is 5.86. The lowest BCUT2D eigenvalue weighted by Gasteiger charge is -2.44. The number of amides is 1. The fourth-order valence-electron chi connectivity index (χ4n) is 3.56. The molecule has 2 aliphatic heterocycles. The number of ether oxygens (including phenoxy) is 1. The molecule has 0 aromatic carbocycles. The van der Waals surface area contributed by atoms with Gasteiger partial charge in [-0.3, -0.25) is 9.69 Å². The molecule has 0 bridgehead atoms. The highest BCUT2D eigenvalue weighted by Crippen LogP contribution is 2.28. The Hall–Kier alpha value is -0.650. The zero-order chi connectivity index (χ0) is 13.1. The summed E-state index contributed by atoms with van der Waals surface area (Å²) in [6.07, 6.45) is 5.30. The lowest BCUT2D eigenvalue weighted by Crippen LogP contribution is -2.56. The highest BCUT2D eigenvalue weighted by atomic mass is 16.5. The molecular formula is C14H25N3O2. The van der Waals surface area contributed by atoms with Gasteiger partial charge in [0, 0.05) is 38.8 Å². The summed E-state index contributed by atoms with van der Waals surface area (Å²) in [4.78, 5) is 16.7. The van der Waals surface area contributed by atoms with E-state index in [1.165, 1.54) is 25.7 Å². The molecular weight excluding hydrogens is 242 g/mol. The fourth-order valence-corrected chi connectivity index (χ4v) is 3.56. The van der Waals surface area contributed by atoms with Gasteiger partial charge in [-0.25, -0.2) is 0 Å². The average Bonchev–Trinajstić information content (AvgIpc) is 2.48. The summed E-state index contributed by atoms with van der Waals surface area (Å²) in [5, 5.41) is 3.29. The average molecular weight is 267 g/mol. The maximum atomic E-state index is 12.4. The molecule has 19 heavy (non-hydrogen) atoms. The smallest absolute Gasteiger partial charge is 0.236 e. The van der Waals surface area contributed by atoms with Crippen LogP contribution < -0.4 is 5.32 Å². The molecule has 2 unspecified atom stereocenters. The van der Waals surface area contributed by atoms with Crippen LogP contribution in [-0.2, 0) is 9.53 Å². The minimum absolute atomic E-state index is 0.299. The van der Waals surface area contributed by atoms with Gasteiger partial charge >= 0.3 is 0 Å². The van der Waals surface area contributed by atoms with E-state index in [0.717, 1.165) is 39.3 Å². The van der Waals surface area contributed by atoms with E-state index in [0.29, 0.717) is 24.6 Å². The summed E-state index contributed by atoms with van der Waals surface area (Å²) in [5.41, 5.74) is 0. The van der Waals surface area contributed by atoms with Crippen LogP contribution in [0.25, 0.3) is 0 Å². The second-order valence-corrected chi connectivity index (χ2v) is 5.86. The van der Waals surface area contributed by atoms with E-state index in [-0.39, 0.29) is 0 Å². The third-order valence-corrected chi connectivity index (χ3v) is 4.66. The fraction of sp³-hybridized carbons (Fsp3) is 0.929. The Balaban J connectivity index is 1.56. The van der Waals surface area contributed by atoms with Crippen LogP contribution >= 0.6 is 0 Å². The molecule has 1 saturated carbocycles. The first kappa shape index (κ1) is 13.3. The Morgan fingerprint density at radius 1 is 1.16 bits per heavy atom. The molecule has 3 aliphatic rings. The van der Waals surface area contributed by atoms with Crippen molar-refractivity contribution in [1.82, 2.24) is 15.1 Å². The number of carbonyl (C=O) groups excluding carboxylic acids is 1. The topological polar surface area (TPSA) is 44.8 Å². The summed E-state index contributed by atoms with van der Waals surface area (Å²) in [7, 11) is 0. The van der Waals surface area contributed by atoms with Gasteiger partial charge in [-0.2, -0.15) is 0 Å². The number of rotatable bonds is 2. The highest BCUT2D eigenvalue weighted by Gasteiger charge is 2.35. The van der Waals surface area contributed by atoms with Crippen molar-refractivity contribution in [3.63, 3.8) is 0 Å². The minimum Gasteiger partial charge on any atom is -0.375 e. The molecule has 1 amide bonds. The highest BCUT2D eigenvalue weighted by molar-refractivity contribution is 5.78. The third kappa shape index (κ3) is 3.09. The van der Waals surface area contributed by atoms with Gasteiger partial charge in [0.15, 0.2) is 0 Å². The number of morpholine rings is 1. The molecule has 2 atom stereocenters. The Morgan fingerprint density at radius 2 is 1.95 bits per heavy atom. The predicted octanol–water partition coefficient (Wildman–Crippen LogP) is 0.0616. The van der Waals surface area contributed by atoms with Crippen molar-refractivity contribution in [1.29, 1.82) is 0 Å². The van der Waals surface area contributed by atoms with Crippen molar-refractivity contribution in [2.24, 2.45) is 0 Å². The molecule has 5 nitrogen and oxygen atoms in total. The van der Waals surface area contributed by atoms with Crippen LogP contribution in [0.3, 0.4) is 0 Å². The molecule has 2 heterocycles. The zero-order valence-corrected chi connectivity index (χ0v) is 11.6. The van der Waals surface area contributed by atoms with Gasteiger partial charge in [0.25, 0.3) is 0 Å². The summed E-state index contributed by atoms with van der Waals surface area (Å²) in [5.74, 6) is 0.299. The molecule has 0 spiro atoms. The van der Waals surface area contributed by atoms with Crippen molar-refractivity contribution in [3.05, 3.63) is 0 Å². The van der Waals surface area contributed by atoms with Crippen molar-refractivity contribution < 1.29 is 9.53 Å². The quantitative estimate of drug-likeness (QED) is 0.768. The zero-order valence-electron chi connectivity index (χ0n) is 11.6. The maximum Gasteiger partial charge on any atom is 0.236 e. The number of nitrogens with zero attached hydrogens (tertiary/aromatic N) is 2. The van der Waals surface area contributed by atoms with Crippen LogP contribution in [0.2, 0.25) is 0 Å². The van der Waals surface area contributed by atoms with E-state index in [1.54, 1.807) is 0 Å². The van der Waals surface area contributed by atoms with Crippen LogP contribution in [0.1, 0.15) is 25.7 Å². The number of nitrogens with one attached hydrogen (secondary N) is 1. The van der Waals surface area contributed by atoms with E-state index in [1.807, 2.05) is 4.90 Å². The van der Waals surface area contributed by atoms with Crippen LogP contribution in [-0.4, -0.2) is 73.7 Å². The second-order valence-electron chi connectivity index (χ2n) is 5.86. The standard InChI is InChI=1S/C14H25N3O2/c18-14(16-7-5-15-6-8-16)11-17-9-10-19-13-4-2-1-3-12(13)17/h12-13,15H,1-11H2. The first-order valence-corrected chi connectivity index (χ1v) is 7.69. The molecule has 3 rings (SSSR count). The largest absolute Gasteiger partial charge is 0.375 e. The third-order valence-electron chi connectivity index (χ3n) is 4.66.